The molecule has 0 heterocycles. The van der Waals surface area contributed by atoms with Crippen molar-refractivity contribution in [3.05, 3.63) is 40.4 Å². The van der Waals surface area contributed by atoms with Crippen molar-refractivity contribution in [2.24, 2.45) is 0 Å². The van der Waals surface area contributed by atoms with Crippen LogP contribution in [0.5, 0.6) is 0 Å². The average molecular weight is 266 g/mol. The van der Waals surface area contributed by atoms with Crippen LogP contribution in [0.3, 0.4) is 0 Å². The average Bonchev–Trinajstić information content (AvgIpc) is 2.36. The summed E-state index contributed by atoms with van der Waals surface area (Å²) < 4.78 is 10.8. The molecule has 0 aliphatic carbocycles. The molecule has 0 unspecified atom stereocenters. The first-order valence-electron chi connectivity index (χ1n) is 5.81. The molecule has 0 saturated carbocycles. The number of rotatable bonds is 6. The van der Waals surface area contributed by atoms with Crippen molar-refractivity contribution >= 4 is 17.7 Å². The lowest BCUT2D eigenvalue weighted by atomic mass is 10.1. The Kier molecular flexibility index (Phi) is 6.45. The van der Waals surface area contributed by atoms with Crippen LogP contribution in [-0.2, 0) is 9.47 Å². The summed E-state index contributed by atoms with van der Waals surface area (Å²) in [5, 5.41) is 9.39. The molecule has 1 rings (SSSR count). The van der Waals surface area contributed by atoms with Gasteiger partial charge in [-0.2, -0.15) is 5.26 Å². The van der Waals surface area contributed by atoms with E-state index < -0.39 is 0 Å². The SMILES string of the molecule is CCOC(/C=C/c1cc(Cl)cc(C#N)c1)OCC. The zero-order valence-electron chi connectivity index (χ0n) is 10.5. The van der Waals surface area contributed by atoms with Crippen LogP contribution in [0.4, 0.5) is 0 Å². The van der Waals surface area contributed by atoms with Crippen LogP contribution < -0.4 is 0 Å². The Morgan fingerprint density at radius 1 is 1.28 bits per heavy atom. The Hall–Kier alpha value is -1.34. The molecule has 0 aromatic heterocycles. The van der Waals surface area contributed by atoms with Gasteiger partial charge in [-0.25, -0.2) is 0 Å². The van der Waals surface area contributed by atoms with E-state index in [2.05, 4.69) is 6.07 Å². The number of ether oxygens (including phenoxy) is 2. The van der Waals surface area contributed by atoms with Gasteiger partial charge in [0.15, 0.2) is 6.29 Å². The van der Waals surface area contributed by atoms with Crippen LogP contribution in [-0.4, -0.2) is 19.5 Å². The van der Waals surface area contributed by atoms with E-state index in [1.807, 2.05) is 19.9 Å². The molecule has 0 saturated heterocycles. The van der Waals surface area contributed by atoms with Crippen molar-refractivity contribution in [1.82, 2.24) is 0 Å². The Morgan fingerprint density at radius 3 is 2.50 bits per heavy atom. The largest absolute Gasteiger partial charge is 0.349 e. The summed E-state index contributed by atoms with van der Waals surface area (Å²) in [7, 11) is 0. The third kappa shape index (κ3) is 4.89. The molecule has 0 amide bonds. The molecule has 1 aromatic rings. The van der Waals surface area contributed by atoms with Gasteiger partial charge >= 0.3 is 0 Å². The van der Waals surface area contributed by atoms with Crippen LogP contribution in [0, 0.1) is 11.3 Å². The number of halogens is 1. The van der Waals surface area contributed by atoms with E-state index in [0.29, 0.717) is 23.8 Å². The van der Waals surface area contributed by atoms with E-state index in [0.717, 1.165) is 5.56 Å². The number of nitriles is 1. The van der Waals surface area contributed by atoms with Gasteiger partial charge in [-0.15, -0.1) is 0 Å². The summed E-state index contributed by atoms with van der Waals surface area (Å²) in [4.78, 5) is 0. The van der Waals surface area contributed by atoms with E-state index in [1.54, 1.807) is 24.3 Å². The highest BCUT2D eigenvalue weighted by atomic mass is 35.5. The Balaban J connectivity index is 2.81. The normalized spacial score (nSPS) is 11.1. The van der Waals surface area contributed by atoms with Crippen molar-refractivity contribution in [3.8, 4) is 6.07 Å². The third-order valence-electron chi connectivity index (χ3n) is 2.16. The van der Waals surface area contributed by atoms with Crippen molar-refractivity contribution in [2.45, 2.75) is 20.1 Å². The fourth-order valence-corrected chi connectivity index (χ4v) is 1.69. The van der Waals surface area contributed by atoms with Crippen LogP contribution in [0.2, 0.25) is 5.02 Å². The van der Waals surface area contributed by atoms with Crippen LogP contribution in [0.25, 0.3) is 6.08 Å². The lowest BCUT2D eigenvalue weighted by Crippen LogP contribution is -2.13. The molecular formula is C14H16ClNO2. The number of hydrogen-bond acceptors (Lipinski definition) is 3. The predicted molar refractivity (Wildman–Crippen MR) is 72.2 cm³/mol. The number of nitrogens with zero attached hydrogens (tertiary/aromatic N) is 1. The van der Waals surface area contributed by atoms with Gasteiger partial charge in [0.2, 0.25) is 0 Å². The predicted octanol–water partition coefficient (Wildman–Crippen LogP) is 3.62. The van der Waals surface area contributed by atoms with Crippen LogP contribution in [0.15, 0.2) is 24.3 Å². The molecule has 0 fully saturated rings. The van der Waals surface area contributed by atoms with Crippen molar-refractivity contribution < 1.29 is 9.47 Å². The smallest absolute Gasteiger partial charge is 0.177 e. The lowest BCUT2D eigenvalue weighted by molar-refractivity contribution is -0.103. The first-order chi connectivity index (χ1) is 8.69. The summed E-state index contributed by atoms with van der Waals surface area (Å²) in [5.74, 6) is 0. The second-order valence-electron chi connectivity index (χ2n) is 3.52. The van der Waals surface area contributed by atoms with Gasteiger partial charge in [-0.1, -0.05) is 17.7 Å². The molecule has 18 heavy (non-hydrogen) atoms. The van der Waals surface area contributed by atoms with Gasteiger partial charge in [0, 0.05) is 18.2 Å². The topological polar surface area (TPSA) is 42.2 Å². The van der Waals surface area contributed by atoms with Crippen LogP contribution in [0.1, 0.15) is 25.0 Å². The second-order valence-corrected chi connectivity index (χ2v) is 3.96. The lowest BCUT2D eigenvalue weighted by Gasteiger charge is -2.12. The van der Waals surface area contributed by atoms with Gasteiger partial charge in [0.25, 0.3) is 0 Å². The van der Waals surface area contributed by atoms with Gasteiger partial charge in [0.1, 0.15) is 0 Å². The molecule has 0 aliphatic rings. The molecule has 0 N–H and O–H groups in total. The zero-order valence-corrected chi connectivity index (χ0v) is 11.3. The summed E-state index contributed by atoms with van der Waals surface area (Å²) in [5.41, 5.74) is 1.38. The first-order valence-corrected chi connectivity index (χ1v) is 6.19. The molecule has 0 atom stereocenters. The highest BCUT2D eigenvalue weighted by molar-refractivity contribution is 6.30. The molecule has 0 spiro atoms. The van der Waals surface area contributed by atoms with E-state index in [9.17, 15) is 0 Å². The van der Waals surface area contributed by atoms with Gasteiger partial charge in [-0.3, -0.25) is 0 Å². The molecule has 0 bridgehead atoms. The van der Waals surface area contributed by atoms with E-state index >= 15 is 0 Å². The minimum atomic E-state index is -0.371. The molecule has 0 aliphatic heterocycles. The maximum Gasteiger partial charge on any atom is 0.177 e. The molecule has 3 nitrogen and oxygen atoms in total. The quantitative estimate of drug-likeness (QED) is 0.738. The summed E-state index contributed by atoms with van der Waals surface area (Å²) in [6.07, 6.45) is 3.27. The number of benzene rings is 1. The highest BCUT2D eigenvalue weighted by Gasteiger charge is 2.02. The molecule has 1 aromatic carbocycles. The fraction of sp³-hybridized carbons (Fsp3) is 0.357. The zero-order chi connectivity index (χ0) is 13.4. The van der Waals surface area contributed by atoms with Gasteiger partial charge < -0.3 is 9.47 Å². The Morgan fingerprint density at radius 2 is 1.94 bits per heavy atom. The molecular weight excluding hydrogens is 250 g/mol. The summed E-state index contributed by atoms with van der Waals surface area (Å²) >= 11 is 5.92. The molecule has 4 heteroatoms. The van der Waals surface area contributed by atoms with E-state index in [-0.39, 0.29) is 6.29 Å². The Bertz CT molecular complexity index is 446. The van der Waals surface area contributed by atoms with Gasteiger partial charge in [0.05, 0.1) is 11.6 Å². The van der Waals surface area contributed by atoms with Gasteiger partial charge in [-0.05, 0) is 43.7 Å². The van der Waals surface area contributed by atoms with Crippen molar-refractivity contribution in [2.75, 3.05) is 13.2 Å². The first kappa shape index (κ1) is 14.7. The standard InChI is InChI=1S/C14H16ClNO2/c1-3-17-14(18-4-2)6-5-11-7-12(10-16)9-13(15)8-11/h5-9,14H,3-4H2,1-2H3/b6-5+. The minimum Gasteiger partial charge on any atom is -0.349 e. The number of hydrogen-bond donors (Lipinski definition) is 0. The van der Waals surface area contributed by atoms with E-state index in [4.69, 9.17) is 26.3 Å². The third-order valence-corrected chi connectivity index (χ3v) is 2.38. The maximum absolute atomic E-state index is 8.85. The second kappa shape index (κ2) is 7.88. The summed E-state index contributed by atoms with van der Waals surface area (Å²) in [6.45, 7) is 4.97. The highest BCUT2D eigenvalue weighted by Crippen LogP contribution is 2.16. The monoisotopic (exact) mass is 265 g/mol. The Labute approximate surface area is 113 Å². The minimum absolute atomic E-state index is 0.371. The van der Waals surface area contributed by atoms with Crippen molar-refractivity contribution in [1.29, 1.82) is 5.26 Å². The molecule has 0 radical (unpaired) electrons. The summed E-state index contributed by atoms with van der Waals surface area (Å²) in [6, 6.07) is 7.24. The molecule has 96 valence electrons. The van der Waals surface area contributed by atoms with Crippen molar-refractivity contribution in [3.63, 3.8) is 0 Å². The van der Waals surface area contributed by atoms with Crippen LogP contribution >= 0.6 is 11.6 Å². The maximum atomic E-state index is 8.85. The van der Waals surface area contributed by atoms with E-state index in [1.165, 1.54) is 0 Å². The fourth-order valence-electron chi connectivity index (χ4n) is 1.45.